The van der Waals surface area contributed by atoms with Crippen molar-refractivity contribution in [3.63, 3.8) is 0 Å². The number of hydrogen-bond acceptors (Lipinski definition) is 2. The fourth-order valence-electron chi connectivity index (χ4n) is 2.61. The van der Waals surface area contributed by atoms with E-state index in [-0.39, 0.29) is 10.9 Å². The third-order valence-corrected chi connectivity index (χ3v) is 4.50. The summed E-state index contributed by atoms with van der Waals surface area (Å²) < 4.78 is 7.59. The predicted molar refractivity (Wildman–Crippen MR) is 84.8 cm³/mol. The molecule has 20 heavy (non-hydrogen) atoms. The molecule has 1 heterocycles. The van der Waals surface area contributed by atoms with Crippen molar-refractivity contribution in [3.05, 3.63) is 24.0 Å². The zero-order chi connectivity index (χ0) is 14.9. The lowest BCUT2D eigenvalue weighted by Crippen LogP contribution is -2.30. The first-order chi connectivity index (χ1) is 9.46. The highest BCUT2D eigenvalue weighted by molar-refractivity contribution is 6.20. The normalized spacial score (nSPS) is 13.7. The maximum Gasteiger partial charge on any atom is 0.128 e. The van der Waals surface area contributed by atoms with Gasteiger partial charge < -0.3 is 9.30 Å². The van der Waals surface area contributed by atoms with E-state index in [2.05, 4.69) is 31.4 Å². The van der Waals surface area contributed by atoms with Gasteiger partial charge in [-0.25, -0.2) is 4.98 Å². The van der Waals surface area contributed by atoms with Crippen LogP contribution in [0.5, 0.6) is 5.75 Å². The van der Waals surface area contributed by atoms with E-state index in [9.17, 15) is 0 Å². The Bertz CT molecular complexity index is 600. The summed E-state index contributed by atoms with van der Waals surface area (Å²) in [5.74, 6) is 1.76. The highest BCUT2D eigenvalue weighted by Gasteiger charge is 2.29. The zero-order valence-electron chi connectivity index (χ0n) is 12.9. The minimum absolute atomic E-state index is 0.0296. The molecular formula is C16H23ClN2O. The van der Waals surface area contributed by atoms with Gasteiger partial charge in [0.05, 0.1) is 23.5 Å². The van der Waals surface area contributed by atoms with Gasteiger partial charge in [-0.15, -0.1) is 11.6 Å². The van der Waals surface area contributed by atoms with E-state index in [1.54, 1.807) is 7.11 Å². The Morgan fingerprint density at radius 3 is 2.50 bits per heavy atom. The van der Waals surface area contributed by atoms with Crippen LogP contribution < -0.4 is 4.74 Å². The first kappa shape index (κ1) is 15.2. The van der Waals surface area contributed by atoms with Crippen molar-refractivity contribution < 1.29 is 4.74 Å². The van der Waals surface area contributed by atoms with Gasteiger partial charge in [0, 0.05) is 11.6 Å². The lowest BCUT2D eigenvalue weighted by molar-refractivity contribution is 0.293. The lowest BCUT2D eigenvalue weighted by atomic mass is 9.94. The molecule has 0 spiro atoms. The molecule has 0 amide bonds. The van der Waals surface area contributed by atoms with E-state index in [4.69, 9.17) is 21.3 Å². The van der Waals surface area contributed by atoms with Crippen molar-refractivity contribution in [2.24, 2.45) is 0 Å². The van der Waals surface area contributed by atoms with Gasteiger partial charge in [0.2, 0.25) is 0 Å². The SMILES string of the molecule is CCC(C)(CC)n1c(C(C)Cl)nc2cc(OC)ccc21. The molecule has 0 aliphatic carbocycles. The monoisotopic (exact) mass is 294 g/mol. The van der Waals surface area contributed by atoms with Gasteiger partial charge in [0.25, 0.3) is 0 Å². The van der Waals surface area contributed by atoms with Gasteiger partial charge in [-0.05, 0) is 38.8 Å². The molecule has 4 heteroatoms. The quantitative estimate of drug-likeness (QED) is 0.735. The summed E-state index contributed by atoms with van der Waals surface area (Å²) in [6.45, 7) is 8.66. The molecule has 0 aliphatic rings. The predicted octanol–water partition coefficient (Wildman–Crippen LogP) is 4.88. The fraction of sp³-hybridized carbons (Fsp3) is 0.562. The molecule has 1 aromatic carbocycles. The molecule has 3 nitrogen and oxygen atoms in total. The zero-order valence-corrected chi connectivity index (χ0v) is 13.7. The summed E-state index contributed by atoms with van der Waals surface area (Å²) in [6, 6.07) is 6.03. The van der Waals surface area contributed by atoms with Gasteiger partial charge >= 0.3 is 0 Å². The van der Waals surface area contributed by atoms with Crippen molar-refractivity contribution in [1.29, 1.82) is 0 Å². The first-order valence-electron chi connectivity index (χ1n) is 7.17. The Morgan fingerprint density at radius 2 is 2.00 bits per heavy atom. The Kier molecular flexibility index (Phi) is 4.28. The molecule has 110 valence electrons. The average Bonchev–Trinajstić information content (AvgIpc) is 2.85. The fourth-order valence-corrected chi connectivity index (χ4v) is 2.75. The number of ether oxygens (including phenoxy) is 1. The maximum absolute atomic E-state index is 6.36. The number of aromatic nitrogens is 2. The summed E-state index contributed by atoms with van der Waals surface area (Å²) in [6.07, 6.45) is 2.08. The number of rotatable bonds is 5. The topological polar surface area (TPSA) is 27.1 Å². The summed E-state index contributed by atoms with van der Waals surface area (Å²) in [4.78, 5) is 4.73. The van der Waals surface area contributed by atoms with Crippen LogP contribution in [0.3, 0.4) is 0 Å². The third kappa shape index (κ3) is 2.39. The van der Waals surface area contributed by atoms with Crippen LogP contribution in [-0.4, -0.2) is 16.7 Å². The smallest absolute Gasteiger partial charge is 0.128 e. The number of fused-ring (bicyclic) bond motifs is 1. The number of imidazole rings is 1. The van der Waals surface area contributed by atoms with Gasteiger partial charge in [-0.3, -0.25) is 0 Å². The van der Waals surface area contributed by atoms with E-state index < -0.39 is 0 Å². The van der Waals surface area contributed by atoms with E-state index in [0.717, 1.165) is 35.4 Å². The van der Waals surface area contributed by atoms with Crippen LogP contribution in [0.4, 0.5) is 0 Å². The number of alkyl halides is 1. The van der Waals surface area contributed by atoms with Crippen molar-refractivity contribution in [1.82, 2.24) is 9.55 Å². The molecular weight excluding hydrogens is 272 g/mol. The lowest BCUT2D eigenvalue weighted by Gasteiger charge is -2.32. The van der Waals surface area contributed by atoms with Gasteiger partial charge in [-0.1, -0.05) is 13.8 Å². The van der Waals surface area contributed by atoms with Crippen LogP contribution in [0.1, 0.15) is 51.7 Å². The highest BCUT2D eigenvalue weighted by Crippen LogP contribution is 2.35. The second kappa shape index (κ2) is 5.65. The summed E-state index contributed by atoms with van der Waals surface area (Å²) in [7, 11) is 1.67. The third-order valence-electron chi connectivity index (χ3n) is 4.31. The highest BCUT2D eigenvalue weighted by atomic mass is 35.5. The molecule has 0 N–H and O–H groups in total. The van der Waals surface area contributed by atoms with Crippen LogP contribution >= 0.6 is 11.6 Å². The van der Waals surface area contributed by atoms with Gasteiger partial charge in [-0.2, -0.15) is 0 Å². The van der Waals surface area contributed by atoms with Crippen molar-refractivity contribution in [3.8, 4) is 5.75 Å². The Morgan fingerprint density at radius 1 is 1.35 bits per heavy atom. The Labute approximate surface area is 125 Å². The van der Waals surface area contributed by atoms with Crippen LogP contribution in [0, 0.1) is 0 Å². The van der Waals surface area contributed by atoms with Crippen LogP contribution in [-0.2, 0) is 5.54 Å². The molecule has 1 aromatic heterocycles. The van der Waals surface area contributed by atoms with Crippen molar-refractivity contribution in [2.75, 3.05) is 7.11 Å². The summed E-state index contributed by atoms with van der Waals surface area (Å²) in [5, 5.41) is -0.120. The standard InChI is InChI=1S/C16H23ClN2O/c1-6-16(4,7-2)19-14-9-8-12(20-5)10-13(14)18-15(19)11(3)17/h8-11H,6-7H2,1-5H3. The minimum atomic E-state index is -0.120. The van der Waals surface area contributed by atoms with Crippen molar-refractivity contribution in [2.45, 2.75) is 51.5 Å². The molecule has 0 bridgehead atoms. The molecule has 0 radical (unpaired) electrons. The first-order valence-corrected chi connectivity index (χ1v) is 7.61. The number of benzene rings is 1. The number of methoxy groups -OCH3 is 1. The Hall–Kier alpha value is -1.22. The Balaban J connectivity index is 2.75. The van der Waals surface area contributed by atoms with Crippen molar-refractivity contribution >= 4 is 22.6 Å². The van der Waals surface area contributed by atoms with Gasteiger partial charge in [0.15, 0.2) is 0 Å². The molecule has 0 fully saturated rings. The van der Waals surface area contributed by atoms with Crippen LogP contribution in [0.2, 0.25) is 0 Å². The van der Waals surface area contributed by atoms with E-state index in [0.29, 0.717) is 0 Å². The number of nitrogens with zero attached hydrogens (tertiary/aromatic N) is 2. The summed E-state index contributed by atoms with van der Waals surface area (Å²) >= 11 is 6.36. The van der Waals surface area contributed by atoms with E-state index >= 15 is 0 Å². The minimum Gasteiger partial charge on any atom is -0.497 e. The maximum atomic E-state index is 6.36. The molecule has 1 unspecified atom stereocenters. The molecule has 0 saturated carbocycles. The molecule has 2 aromatic rings. The van der Waals surface area contributed by atoms with Crippen LogP contribution in [0.25, 0.3) is 11.0 Å². The average molecular weight is 295 g/mol. The van der Waals surface area contributed by atoms with Crippen LogP contribution in [0.15, 0.2) is 18.2 Å². The number of hydrogen-bond donors (Lipinski definition) is 0. The summed E-state index contributed by atoms with van der Waals surface area (Å²) in [5.41, 5.74) is 2.10. The van der Waals surface area contributed by atoms with Gasteiger partial charge in [0.1, 0.15) is 11.6 Å². The number of halogens is 1. The van der Waals surface area contributed by atoms with E-state index in [1.165, 1.54) is 0 Å². The molecule has 0 saturated heterocycles. The largest absolute Gasteiger partial charge is 0.497 e. The molecule has 2 rings (SSSR count). The molecule has 0 aliphatic heterocycles. The van der Waals surface area contributed by atoms with E-state index in [1.807, 2.05) is 19.1 Å². The molecule has 1 atom stereocenters. The second-order valence-electron chi connectivity index (χ2n) is 5.48. The second-order valence-corrected chi connectivity index (χ2v) is 6.13.